The van der Waals surface area contributed by atoms with Gasteiger partial charge in [-0.05, 0) is 101 Å². The summed E-state index contributed by atoms with van der Waals surface area (Å²) in [5.74, 6) is 1.41. The van der Waals surface area contributed by atoms with Crippen LogP contribution >= 0.6 is 0 Å². The van der Waals surface area contributed by atoms with E-state index in [2.05, 4.69) is 35.0 Å². The number of allylic oxidation sites excluding steroid dienone is 6. The Morgan fingerprint density at radius 1 is 1.15 bits per heavy atom. The summed E-state index contributed by atoms with van der Waals surface area (Å²) in [5.41, 5.74) is 4.36. The van der Waals surface area contributed by atoms with Crippen molar-refractivity contribution in [3.8, 4) is 0 Å². The van der Waals surface area contributed by atoms with Gasteiger partial charge in [0.05, 0.1) is 0 Å². The molecule has 0 spiro atoms. The lowest BCUT2D eigenvalue weighted by Gasteiger charge is -2.39. The van der Waals surface area contributed by atoms with Crippen LogP contribution in [0.1, 0.15) is 89.5 Å². The molecule has 1 aromatic heterocycles. The summed E-state index contributed by atoms with van der Waals surface area (Å²) in [5, 5.41) is 17.2. The van der Waals surface area contributed by atoms with Gasteiger partial charge in [0.25, 0.3) is 0 Å². The van der Waals surface area contributed by atoms with Crippen LogP contribution < -0.4 is 0 Å². The molecular weight excluding hydrogens is 507 g/mol. The van der Waals surface area contributed by atoms with Crippen molar-refractivity contribution in [2.75, 3.05) is 6.54 Å². The Kier molecular flexibility index (Phi) is 10.3. The Morgan fingerprint density at radius 3 is 2.40 bits per heavy atom. The fourth-order valence-corrected chi connectivity index (χ4v) is 4.58. The van der Waals surface area contributed by atoms with E-state index >= 15 is 0 Å². The first-order chi connectivity index (χ1) is 19.4. The van der Waals surface area contributed by atoms with Gasteiger partial charge in [-0.3, -0.25) is 4.79 Å². The van der Waals surface area contributed by atoms with Crippen LogP contribution in [-0.2, 0) is 11.3 Å². The molecule has 1 aromatic carbocycles. The largest absolute Gasteiger partial charge is 0.508 e. The third-order valence-corrected chi connectivity index (χ3v) is 7.56. The molecule has 40 heavy (non-hydrogen) atoms. The summed E-state index contributed by atoms with van der Waals surface area (Å²) in [6.45, 7) is 6.68. The van der Waals surface area contributed by atoms with E-state index in [-0.39, 0.29) is 30.1 Å². The fourth-order valence-electron chi connectivity index (χ4n) is 4.58. The first kappa shape index (κ1) is 29.3. The quantitative estimate of drug-likeness (QED) is 0.234. The molecule has 214 valence electrons. The van der Waals surface area contributed by atoms with Crippen molar-refractivity contribution in [2.45, 2.75) is 90.6 Å². The van der Waals surface area contributed by atoms with E-state index < -0.39 is 0 Å². The summed E-state index contributed by atoms with van der Waals surface area (Å²) >= 11 is 0. The van der Waals surface area contributed by atoms with Crippen LogP contribution in [0, 0.1) is 5.82 Å². The number of nitrogens with zero attached hydrogens (tertiary/aromatic N) is 4. The monoisotopic (exact) mass is 548 g/mol. The molecule has 0 atom stereocenters. The number of aliphatic hydroxyl groups excluding tert-OH is 1. The highest BCUT2D eigenvalue weighted by Gasteiger charge is 2.31. The molecule has 0 bridgehead atoms. The van der Waals surface area contributed by atoms with Crippen LogP contribution in [0.25, 0.3) is 0 Å². The third-order valence-electron chi connectivity index (χ3n) is 7.56. The number of benzene rings is 1. The number of carbonyl (C=O) groups excluding carboxylic acids is 1. The number of hydrogen-bond acceptors (Lipinski definition) is 6. The van der Waals surface area contributed by atoms with Gasteiger partial charge >= 0.3 is 0 Å². The summed E-state index contributed by atoms with van der Waals surface area (Å²) in [6.07, 6.45) is 17.2. The van der Waals surface area contributed by atoms with Crippen LogP contribution in [0.15, 0.2) is 82.1 Å². The molecule has 3 aliphatic carbocycles. The number of hydrogen-bond donors (Lipinski definition) is 1. The number of aliphatic hydroxyl groups is 1. The van der Waals surface area contributed by atoms with Crippen LogP contribution in [0.2, 0.25) is 0 Å². The van der Waals surface area contributed by atoms with Gasteiger partial charge in [-0.15, -0.1) is 10.2 Å². The van der Waals surface area contributed by atoms with Crippen LogP contribution in [-0.4, -0.2) is 43.6 Å². The molecule has 1 N–H and O–H groups in total. The molecule has 0 unspecified atom stereocenters. The minimum atomic E-state index is -0.265. The highest BCUT2D eigenvalue weighted by atomic mass is 19.1. The summed E-state index contributed by atoms with van der Waals surface area (Å²) < 4.78 is 18.3. The average molecular weight is 549 g/mol. The van der Waals surface area contributed by atoms with Crippen molar-refractivity contribution in [1.82, 2.24) is 20.0 Å². The van der Waals surface area contributed by atoms with Gasteiger partial charge in [-0.25, -0.2) is 4.39 Å². The van der Waals surface area contributed by atoms with Gasteiger partial charge in [-0.2, -0.15) is 0 Å². The maximum absolute atomic E-state index is 13.6. The van der Waals surface area contributed by atoms with Gasteiger partial charge in [0.15, 0.2) is 0 Å². The van der Waals surface area contributed by atoms with Gasteiger partial charge in [0.2, 0.25) is 18.2 Å². The molecule has 8 heteroatoms. The third kappa shape index (κ3) is 8.41. The van der Waals surface area contributed by atoms with E-state index in [0.717, 1.165) is 61.4 Å². The van der Waals surface area contributed by atoms with Crippen LogP contribution in [0.3, 0.4) is 0 Å². The predicted octanol–water partition coefficient (Wildman–Crippen LogP) is 7.34. The predicted molar refractivity (Wildman–Crippen MR) is 153 cm³/mol. The van der Waals surface area contributed by atoms with Crippen LogP contribution in [0.4, 0.5) is 4.39 Å². The van der Waals surface area contributed by atoms with Gasteiger partial charge in [0, 0.05) is 29.9 Å². The maximum atomic E-state index is 13.6. The second-order valence-corrected chi connectivity index (χ2v) is 10.6. The molecule has 3 aliphatic rings. The molecule has 2 aromatic rings. The van der Waals surface area contributed by atoms with Crippen molar-refractivity contribution < 1.29 is 18.7 Å². The first-order valence-electron chi connectivity index (χ1n) is 14.4. The lowest BCUT2D eigenvalue weighted by molar-refractivity contribution is -0.136. The molecule has 0 radical (unpaired) electrons. The van der Waals surface area contributed by atoms with Crippen molar-refractivity contribution in [3.63, 3.8) is 0 Å². The Balaban J connectivity index is 0.000000390. The van der Waals surface area contributed by atoms with Gasteiger partial charge in [0.1, 0.15) is 18.1 Å². The Hall–Kier alpha value is -3.68. The van der Waals surface area contributed by atoms with E-state index in [0.29, 0.717) is 12.5 Å². The molecule has 7 nitrogen and oxygen atoms in total. The van der Waals surface area contributed by atoms with Crippen molar-refractivity contribution in [2.24, 2.45) is 0 Å². The zero-order valence-electron chi connectivity index (χ0n) is 23.9. The van der Waals surface area contributed by atoms with Crippen molar-refractivity contribution in [3.05, 3.63) is 95.0 Å². The Morgan fingerprint density at radius 2 is 1.88 bits per heavy atom. The molecule has 3 saturated carbocycles. The normalized spacial score (nSPS) is 17.2. The van der Waals surface area contributed by atoms with Gasteiger partial charge < -0.3 is 19.3 Å². The summed E-state index contributed by atoms with van der Waals surface area (Å²) in [7, 11) is 0. The molecule has 1 amide bonds. The smallest absolute Gasteiger partial charge is 0.243 e. The number of carbonyl (C=O) groups is 1. The number of aromatic nitrogens is 2. The zero-order valence-corrected chi connectivity index (χ0v) is 23.9. The lowest BCUT2D eigenvalue weighted by atomic mass is 9.91. The molecular formula is C32H41FN4O3. The highest BCUT2D eigenvalue weighted by molar-refractivity contribution is 5.79. The molecule has 3 fully saturated rings. The van der Waals surface area contributed by atoms with E-state index in [9.17, 15) is 14.3 Å². The number of rotatable bonds is 11. The molecule has 0 aliphatic heterocycles. The second kappa shape index (κ2) is 14.1. The summed E-state index contributed by atoms with van der Waals surface area (Å²) in [4.78, 5) is 17.6. The second-order valence-electron chi connectivity index (χ2n) is 10.6. The zero-order chi connectivity index (χ0) is 28.5. The average Bonchev–Trinajstić information content (AvgIpc) is 3.88. The molecule has 0 saturated heterocycles. The fraction of sp³-hybridized carbons (Fsp3) is 0.469. The topological polar surface area (TPSA) is 82.7 Å². The van der Waals surface area contributed by atoms with E-state index in [1.54, 1.807) is 31.2 Å². The maximum Gasteiger partial charge on any atom is 0.243 e. The van der Waals surface area contributed by atoms with Crippen molar-refractivity contribution >= 4 is 5.91 Å². The Labute approximate surface area is 236 Å². The standard InChI is InChI=1S/C27H35FN2O2.C5H6N2O/c1-4-7-24(16-17-26(31)5-2)29(20(3)22-12-13-22)19-27(32)30(25-8-6-9-25)18-21-10-14-23(28)15-11-21;1-2-4(1)5-7-6-3-8-5/h5,7,10-11,14-17,25,31H,4,6,8-9,12-13,18-19H2,1-3H3;3-4H,1-2H2/b17-16-,24-7-,26-5+;. The van der Waals surface area contributed by atoms with Crippen LogP contribution in [0.5, 0.6) is 0 Å². The minimum absolute atomic E-state index is 0.0743. The van der Waals surface area contributed by atoms with E-state index in [1.165, 1.54) is 36.9 Å². The van der Waals surface area contributed by atoms with Crippen molar-refractivity contribution in [1.29, 1.82) is 0 Å². The summed E-state index contributed by atoms with van der Waals surface area (Å²) in [6, 6.07) is 6.66. The number of halogens is 1. The van der Waals surface area contributed by atoms with E-state index in [1.807, 2.05) is 11.0 Å². The minimum Gasteiger partial charge on any atom is -0.508 e. The molecule has 5 rings (SSSR count). The SMILES string of the molecule is C\C=C(O)/C=C\C(=C\CC)N(CC(=O)N(Cc1ccc(F)cc1)C1CCC1)C(C)=C1CC1.c1nnc(C2CC2)o1. The Bertz CT molecular complexity index is 1230. The van der Waals surface area contributed by atoms with E-state index in [4.69, 9.17) is 4.42 Å². The van der Waals surface area contributed by atoms with Gasteiger partial charge in [-0.1, -0.05) is 30.7 Å². The number of amides is 1. The lowest BCUT2D eigenvalue weighted by Crippen LogP contribution is -2.47. The highest BCUT2D eigenvalue weighted by Crippen LogP contribution is 2.38. The first-order valence-corrected chi connectivity index (χ1v) is 14.4. The molecule has 1 heterocycles.